The minimum absolute atomic E-state index is 0. The first kappa shape index (κ1) is 30.0. The van der Waals surface area contributed by atoms with E-state index in [-0.39, 0.29) is 81.5 Å². The summed E-state index contributed by atoms with van der Waals surface area (Å²) in [5, 5.41) is -0.217. The zero-order valence-electron chi connectivity index (χ0n) is 18.4. The number of hydrogen-bond donors (Lipinski definition) is 0. The number of phosphoric ester groups is 1. The van der Waals surface area contributed by atoms with Crippen molar-refractivity contribution in [1.82, 2.24) is 0 Å². The van der Waals surface area contributed by atoms with E-state index >= 15 is 0 Å². The molecule has 1 aromatic rings. The fourth-order valence-electron chi connectivity index (χ4n) is 6.33. The van der Waals surface area contributed by atoms with E-state index in [1.54, 1.807) is 0 Å². The van der Waals surface area contributed by atoms with Crippen LogP contribution in [0.1, 0.15) is 37.7 Å². The standard InChI is InChI=1S/C19H20Cl2F3O7P.2Na/c20-14-2-1-11(5-15(14)29-32(25,26)27)19(28-9-17(22,23)24)18(30-31-19)12-3-10-4-13(18)8-16(21,6-10)7-12;;/h1-2,5,10,12-13H,3-4,6-9H2,(H2,25,26,27);;/q;2*+1/p-2. The number of alkyl halides is 4. The van der Waals surface area contributed by atoms with E-state index in [4.69, 9.17) is 37.7 Å². The predicted octanol–water partition coefficient (Wildman–Crippen LogP) is -2.19. The molecule has 7 nitrogen and oxygen atoms in total. The summed E-state index contributed by atoms with van der Waals surface area (Å²) < 4.78 is 60.5. The van der Waals surface area contributed by atoms with Crippen LogP contribution in [0.4, 0.5) is 13.2 Å². The Kier molecular flexibility index (Phi) is 8.70. The Bertz CT molecular complexity index is 981. The van der Waals surface area contributed by atoms with Crippen LogP contribution in [-0.4, -0.2) is 23.3 Å². The number of halogens is 5. The molecule has 1 aromatic carbocycles. The summed E-state index contributed by atoms with van der Waals surface area (Å²) in [6, 6.07) is 3.60. The zero-order valence-corrected chi connectivity index (χ0v) is 24.8. The first-order valence-corrected chi connectivity index (χ1v) is 12.3. The Balaban J connectivity index is 0.00000162. The van der Waals surface area contributed by atoms with Crippen molar-refractivity contribution in [2.24, 2.45) is 17.8 Å². The minimum Gasteiger partial charge on any atom is -0.780 e. The Labute approximate surface area is 248 Å². The van der Waals surface area contributed by atoms with Gasteiger partial charge in [-0.1, -0.05) is 17.7 Å². The van der Waals surface area contributed by atoms with Crippen molar-refractivity contribution in [3.05, 3.63) is 28.8 Å². The molecule has 1 saturated heterocycles. The van der Waals surface area contributed by atoms with Crippen LogP contribution in [0.25, 0.3) is 0 Å². The average molecular weight is 563 g/mol. The molecule has 1 heterocycles. The number of ether oxygens (including phenoxy) is 1. The van der Waals surface area contributed by atoms with Gasteiger partial charge in [-0.05, 0) is 62.0 Å². The first-order chi connectivity index (χ1) is 14.8. The molecule has 15 heteroatoms. The van der Waals surface area contributed by atoms with E-state index in [9.17, 15) is 27.5 Å². The van der Waals surface area contributed by atoms with Crippen LogP contribution in [0.5, 0.6) is 5.75 Å². The predicted molar refractivity (Wildman–Crippen MR) is 100 cm³/mol. The second-order valence-electron chi connectivity index (χ2n) is 9.16. The third-order valence-corrected chi connectivity index (χ3v) is 8.29. The molecule has 0 aromatic heterocycles. The molecule has 4 bridgehead atoms. The van der Waals surface area contributed by atoms with Crippen molar-refractivity contribution in [1.29, 1.82) is 0 Å². The van der Waals surface area contributed by atoms with E-state index in [0.29, 0.717) is 31.6 Å². The Morgan fingerprint density at radius 2 is 1.74 bits per heavy atom. The largest absolute Gasteiger partial charge is 1.00 e. The maximum atomic E-state index is 13.2. The SMILES string of the molecule is O=P([O-])([O-])Oc1cc(C2(OCC(F)(F)F)OOC23C2CC4CC3CC(Cl)(C4)C2)ccc1Cl.[Na+].[Na+]. The van der Waals surface area contributed by atoms with Crippen molar-refractivity contribution in [2.75, 3.05) is 6.61 Å². The molecule has 5 fully saturated rings. The molecular weight excluding hydrogens is 545 g/mol. The van der Waals surface area contributed by atoms with E-state index in [2.05, 4.69) is 4.52 Å². The molecule has 1 spiro atoms. The van der Waals surface area contributed by atoms with E-state index in [0.717, 1.165) is 12.5 Å². The van der Waals surface area contributed by atoms with Crippen LogP contribution in [0.2, 0.25) is 5.02 Å². The molecule has 6 rings (SSSR count). The van der Waals surface area contributed by atoms with Gasteiger partial charge in [0, 0.05) is 10.4 Å². The summed E-state index contributed by atoms with van der Waals surface area (Å²) in [7, 11) is -5.48. The summed E-state index contributed by atoms with van der Waals surface area (Å²) >= 11 is 12.7. The topological polar surface area (TPSA) is 100 Å². The number of rotatable bonds is 5. The van der Waals surface area contributed by atoms with Crippen molar-refractivity contribution in [3.8, 4) is 5.75 Å². The summed E-state index contributed by atoms with van der Waals surface area (Å²) in [6.45, 7) is -1.63. The number of hydrogen-bond acceptors (Lipinski definition) is 7. The molecular formula is C19H18Cl2F3Na2O7P. The van der Waals surface area contributed by atoms with Gasteiger partial charge in [-0.2, -0.15) is 18.1 Å². The van der Waals surface area contributed by atoms with E-state index in [1.165, 1.54) is 12.1 Å². The molecule has 178 valence electrons. The second kappa shape index (κ2) is 9.87. The molecule has 5 aliphatic rings. The zero-order chi connectivity index (χ0) is 23.2. The average Bonchev–Trinajstić information content (AvgIpc) is 2.60. The van der Waals surface area contributed by atoms with Gasteiger partial charge < -0.3 is 23.6 Å². The van der Waals surface area contributed by atoms with Gasteiger partial charge in [-0.15, -0.1) is 11.6 Å². The van der Waals surface area contributed by atoms with Crippen LogP contribution in [-0.2, 0) is 24.9 Å². The monoisotopic (exact) mass is 562 g/mol. The second-order valence-corrected chi connectivity index (χ2v) is 11.4. The Hall–Kier alpha value is 1.42. The number of benzene rings is 1. The molecule has 4 saturated carbocycles. The fourth-order valence-corrected chi connectivity index (χ4v) is 7.53. The third kappa shape index (κ3) is 5.05. The summed E-state index contributed by atoms with van der Waals surface area (Å²) in [4.78, 5) is 32.8. The van der Waals surface area contributed by atoms with Crippen molar-refractivity contribution in [2.45, 2.75) is 54.5 Å². The first-order valence-electron chi connectivity index (χ1n) is 10.0. The van der Waals surface area contributed by atoms with Gasteiger partial charge in [-0.3, -0.25) is 0 Å². The van der Waals surface area contributed by atoms with Crippen LogP contribution < -0.4 is 73.4 Å². The fraction of sp³-hybridized carbons (Fsp3) is 0.684. The minimum atomic E-state index is -5.48. The van der Waals surface area contributed by atoms with Crippen molar-refractivity contribution in [3.63, 3.8) is 0 Å². The summed E-state index contributed by atoms with van der Waals surface area (Å²) in [5.74, 6) is -2.68. The van der Waals surface area contributed by atoms with Gasteiger partial charge in [0.15, 0.2) is 5.60 Å². The molecule has 3 unspecified atom stereocenters. The smallest absolute Gasteiger partial charge is 0.780 e. The van der Waals surface area contributed by atoms with Crippen molar-refractivity contribution < 1.29 is 106 Å². The molecule has 34 heavy (non-hydrogen) atoms. The van der Waals surface area contributed by atoms with Crippen LogP contribution in [0.15, 0.2) is 18.2 Å². The van der Waals surface area contributed by atoms with Gasteiger partial charge in [0.2, 0.25) is 0 Å². The molecule has 0 radical (unpaired) electrons. The quantitative estimate of drug-likeness (QED) is 0.174. The van der Waals surface area contributed by atoms with Gasteiger partial charge in [0.05, 0.1) is 5.02 Å². The molecule has 0 amide bonds. The molecule has 1 aliphatic heterocycles. The maximum absolute atomic E-state index is 13.2. The molecule has 0 N–H and O–H groups in total. The summed E-state index contributed by atoms with van der Waals surface area (Å²) in [5.41, 5.74) is -1.24. The van der Waals surface area contributed by atoms with Gasteiger partial charge in [0.25, 0.3) is 5.79 Å². The van der Waals surface area contributed by atoms with Gasteiger partial charge in [-0.25, -0.2) is 4.89 Å². The maximum Gasteiger partial charge on any atom is 1.00 e. The summed E-state index contributed by atoms with van der Waals surface area (Å²) in [6.07, 6.45) is -1.39. The van der Waals surface area contributed by atoms with Crippen LogP contribution >= 0.6 is 31.0 Å². The van der Waals surface area contributed by atoms with Crippen LogP contribution in [0.3, 0.4) is 0 Å². The Morgan fingerprint density at radius 3 is 2.21 bits per heavy atom. The third-order valence-electron chi connectivity index (χ3n) is 7.10. The molecule has 3 atom stereocenters. The van der Waals surface area contributed by atoms with Gasteiger partial charge >= 0.3 is 65.3 Å². The van der Waals surface area contributed by atoms with E-state index < -0.39 is 42.6 Å². The van der Waals surface area contributed by atoms with Crippen molar-refractivity contribution >= 4 is 31.0 Å². The Morgan fingerprint density at radius 1 is 1.12 bits per heavy atom. The normalized spacial score (nSPS) is 38.1. The molecule has 4 aliphatic carbocycles. The number of phosphoric acid groups is 1. The van der Waals surface area contributed by atoms with E-state index in [1.807, 2.05) is 0 Å². The van der Waals surface area contributed by atoms with Crippen LogP contribution in [0, 0.1) is 17.8 Å². The van der Waals surface area contributed by atoms with Gasteiger partial charge in [0.1, 0.15) is 20.2 Å².